The third kappa shape index (κ3) is 5.89. The van der Waals surface area contributed by atoms with E-state index in [2.05, 4.69) is 55.0 Å². The van der Waals surface area contributed by atoms with Crippen molar-refractivity contribution in [3.63, 3.8) is 0 Å². The summed E-state index contributed by atoms with van der Waals surface area (Å²) in [5.74, 6) is 0.689. The maximum absolute atomic E-state index is 11.9. The van der Waals surface area contributed by atoms with Gasteiger partial charge in [-0.25, -0.2) is 9.78 Å². The van der Waals surface area contributed by atoms with Crippen molar-refractivity contribution in [1.82, 2.24) is 9.97 Å². The van der Waals surface area contributed by atoms with E-state index in [1.807, 2.05) is 13.1 Å². The van der Waals surface area contributed by atoms with Crippen molar-refractivity contribution in [3.8, 4) is 0 Å². The molecular weight excluding hydrogens is 312 g/mol. The number of benzene rings is 1. The zero-order valence-corrected chi connectivity index (χ0v) is 15.6. The van der Waals surface area contributed by atoms with Crippen LogP contribution in [0.15, 0.2) is 42.7 Å². The molecule has 1 N–H and O–H groups in total. The lowest BCUT2D eigenvalue weighted by Gasteiger charge is -2.19. The Labute approximate surface area is 150 Å². The molecule has 1 aromatic carbocycles. The summed E-state index contributed by atoms with van der Waals surface area (Å²) < 4.78 is 5.09. The van der Waals surface area contributed by atoms with Crippen LogP contribution >= 0.6 is 0 Å². The van der Waals surface area contributed by atoms with Crippen molar-refractivity contribution in [2.75, 3.05) is 6.61 Å². The Morgan fingerprint density at radius 1 is 1.24 bits per heavy atom. The average molecular weight is 340 g/mol. The summed E-state index contributed by atoms with van der Waals surface area (Å²) in [5, 5.41) is 0. The minimum absolute atomic E-state index is 0.114. The molecule has 4 heteroatoms. The lowest BCUT2D eigenvalue weighted by molar-refractivity contribution is -0.137. The summed E-state index contributed by atoms with van der Waals surface area (Å²) in [4.78, 5) is 19.3. The van der Waals surface area contributed by atoms with Gasteiger partial charge >= 0.3 is 5.97 Å². The SMILES string of the molecule is CCOC(=O)C=C(CCCc1ncc[nH]1)c1ccc(C(C)(C)C)cc1. The van der Waals surface area contributed by atoms with Gasteiger partial charge in [0.15, 0.2) is 0 Å². The quantitative estimate of drug-likeness (QED) is 0.588. The van der Waals surface area contributed by atoms with Crippen molar-refractivity contribution in [2.24, 2.45) is 0 Å². The zero-order valence-electron chi connectivity index (χ0n) is 15.6. The van der Waals surface area contributed by atoms with Crippen LogP contribution in [0.25, 0.3) is 5.57 Å². The summed E-state index contributed by atoms with van der Waals surface area (Å²) in [6, 6.07) is 8.47. The molecule has 0 spiro atoms. The van der Waals surface area contributed by atoms with E-state index in [-0.39, 0.29) is 11.4 Å². The highest BCUT2D eigenvalue weighted by Crippen LogP contribution is 2.26. The number of H-pyrrole nitrogens is 1. The van der Waals surface area contributed by atoms with E-state index in [0.717, 1.165) is 36.2 Å². The van der Waals surface area contributed by atoms with Gasteiger partial charge in [-0.2, -0.15) is 0 Å². The van der Waals surface area contributed by atoms with Crippen LogP contribution < -0.4 is 0 Å². The number of carbonyl (C=O) groups excluding carboxylic acids is 1. The minimum atomic E-state index is -0.282. The highest BCUT2D eigenvalue weighted by atomic mass is 16.5. The molecule has 2 aromatic rings. The first kappa shape index (κ1) is 19.0. The summed E-state index contributed by atoms with van der Waals surface area (Å²) >= 11 is 0. The molecule has 134 valence electrons. The molecular formula is C21H28N2O2. The molecule has 0 atom stereocenters. The molecule has 0 saturated carbocycles. The molecule has 0 fully saturated rings. The van der Waals surface area contributed by atoms with Gasteiger partial charge in [0, 0.05) is 24.9 Å². The molecule has 0 radical (unpaired) electrons. The maximum atomic E-state index is 11.9. The smallest absolute Gasteiger partial charge is 0.331 e. The number of allylic oxidation sites excluding steroid dienone is 1. The van der Waals surface area contributed by atoms with Crippen molar-refractivity contribution >= 4 is 11.5 Å². The van der Waals surface area contributed by atoms with E-state index >= 15 is 0 Å². The molecule has 0 bridgehead atoms. The van der Waals surface area contributed by atoms with Crippen LogP contribution in [0.3, 0.4) is 0 Å². The Bertz CT molecular complexity index is 692. The van der Waals surface area contributed by atoms with Crippen molar-refractivity contribution in [2.45, 2.75) is 52.4 Å². The molecule has 4 nitrogen and oxygen atoms in total. The number of aromatic amines is 1. The number of aromatic nitrogens is 2. The van der Waals surface area contributed by atoms with Crippen molar-refractivity contribution in [1.29, 1.82) is 0 Å². The van der Waals surface area contributed by atoms with Crippen LogP contribution in [0.1, 0.15) is 57.5 Å². The van der Waals surface area contributed by atoms with Crippen molar-refractivity contribution in [3.05, 3.63) is 59.7 Å². The lowest BCUT2D eigenvalue weighted by Crippen LogP contribution is -2.10. The number of rotatable bonds is 7. The maximum Gasteiger partial charge on any atom is 0.331 e. The number of nitrogens with zero attached hydrogens (tertiary/aromatic N) is 1. The number of carbonyl (C=O) groups is 1. The molecule has 0 unspecified atom stereocenters. The molecule has 2 rings (SSSR count). The third-order valence-electron chi connectivity index (χ3n) is 4.11. The molecule has 1 aromatic heterocycles. The molecule has 0 aliphatic heterocycles. The van der Waals surface area contributed by atoms with E-state index in [9.17, 15) is 4.79 Å². The Kier molecular flexibility index (Phi) is 6.57. The molecule has 1 heterocycles. The Hall–Kier alpha value is -2.36. The van der Waals surface area contributed by atoms with Crippen LogP contribution in [-0.2, 0) is 21.4 Å². The molecule has 0 aliphatic rings. The first-order valence-electron chi connectivity index (χ1n) is 8.86. The fourth-order valence-corrected chi connectivity index (χ4v) is 2.69. The van der Waals surface area contributed by atoms with Crippen LogP contribution in [0.2, 0.25) is 0 Å². The van der Waals surface area contributed by atoms with E-state index in [4.69, 9.17) is 4.74 Å². The third-order valence-corrected chi connectivity index (χ3v) is 4.11. The zero-order chi connectivity index (χ0) is 18.3. The summed E-state index contributed by atoms with van der Waals surface area (Å²) in [6.45, 7) is 8.79. The second-order valence-corrected chi connectivity index (χ2v) is 7.14. The van der Waals surface area contributed by atoms with Crippen LogP contribution in [-0.4, -0.2) is 22.5 Å². The number of hydrogen-bond acceptors (Lipinski definition) is 3. The number of aryl methyl sites for hydroxylation is 1. The van der Waals surface area contributed by atoms with Gasteiger partial charge in [0.05, 0.1) is 6.61 Å². The predicted molar refractivity (Wildman–Crippen MR) is 101 cm³/mol. The fraction of sp³-hybridized carbons (Fsp3) is 0.429. The van der Waals surface area contributed by atoms with E-state index < -0.39 is 0 Å². The van der Waals surface area contributed by atoms with Gasteiger partial charge in [-0.1, -0.05) is 45.0 Å². The molecule has 0 amide bonds. The monoisotopic (exact) mass is 340 g/mol. The van der Waals surface area contributed by atoms with Crippen LogP contribution in [0.4, 0.5) is 0 Å². The van der Waals surface area contributed by atoms with Gasteiger partial charge in [0.2, 0.25) is 0 Å². The highest BCUT2D eigenvalue weighted by molar-refractivity contribution is 5.91. The summed E-state index contributed by atoms with van der Waals surface area (Å²) in [7, 11) is 0. The topological polar surface area (TPSA) is 55.0 Å². The second kappa shape index (κ2) is 8.65. The van der Waals surface area contributed by atoms with Gasteiger partial charge < -0.3 is 9.72 Å². The number of imidazole rings is 1. The Balaban J connectivity index is 2.14. The van der Waals surface area contributed by atoms with Gasteiger partial charge in [0.1, 0.15) is 5.82 Å². The number of ether oxygens (including phenoxy) is 1. The molecule has 25 heavy (non-hydrogen) atoms. The van der Waals surface area contributed by atoms with E-state index in [1.54, 1.807) is 12.3 Å². The van der Waals surface area contributed by atoms with E-state index in [1.165, 1.54) is 5.56 Å². The summed E-state index contributed by atoms with van der Waals surface area (Å²) in [5.41, 5.74) is 3.47. The standard InChI is InChI=1S/C21H28N2O2/c1-5-25-20(24)15-17(7-6-8-19-22-13-14-23-19)16-9-11-18(12-10-16)21(2,3)4/h9-15H,5-8H2,1-4H3,(H,22,23). The normalized spacial score (nSPS) is 12.2. The van der Waals surface area contributed by atoms with Gasteiger partial charge in [0.25, 0.3) is 0 Å². The Morgan fingerprint density at radius 3 is 2.52 bits per heavy atom. The lowest BCUT2D eigenvalue weighted by atomic mass is 9.86. The van der Waals surface area contributed by atoms with Gasteiger partial charge in [-0.3, -0.25) is 0 Å². The highest BCUT2D eigenvalue weighted by Gasteiger charge is 2.14. The number of hydrogen-bond donors (Lipinski definition) is 1. The first-order valence-corrected chi connectivity index (χ1v) is 8.86. The van der Waals surface area contributed by atoms with Crippen molar-refractivity contribution < 1.29 is 9.53 Å². The Morgan fingerprint density at radius 2 is 1.96 bits per heavy atom. The van der Waals surface area contributed by atoms with Gasteiger partial charge in [-0.05, 0) is 41.9 Å². The second-order valence-electron chi connectivity index (χ2n) is 7.14. The van der Waals surface area contributed by atoms with Gasteiger partial charge in [-0.15, -0.1) is 0 Å². The fourth-order valence-electron chi connectivity index (χ4n) is 2.69. The van der Waals surface area contributed by atoms with Crippen LogP contribution in [0.5, 0.6) is 0 Å². The first-order chi connectivity index (χ1) is 11.9. The van der Waals surface area contributed by atoms with Crippen LogP contribution in [0, 0.1) is 0 Å². The largest absolute Gasteiger partial charge is 0.463 e. The molecule has 0 saturated heterocycles. The predicted octanol–water partition coefficient (Wildman–Crippen LogP) is 4.68. The van der Waals surface area contributed by atoms with E-state index in [0.29, 0.717) is 6.61 Å². The minimum Gasteiger partial charge on any atom is -0.463 e. The summed E-state index contributed by atoms with van der Waals surface area (Å²) in [6.07, 6.45) is 7.78. The molecule has 0 aliphatic carbocycles. The number of nitrogens with one attached hydrogen (secondary N) is 1. The average Bonchev–Trinajstić information content (AvgIpc) is 3.07. The number of esters is 1.